The molecule has 1 aromatic carbocycles. The van der Waals surface area contributed by atoms with Crippen molar-refractivity contribution in [2.45, 2.75) is 20.3 Å². The Morgan fingerprint density at radius 1 is 1.07 bits per heavy atom. The van der Waals surface area contributed by atoms with E-state index in [9.17, 15) is 9.59 Å². The number of Topliss-reactive ketones (excluding diaryl/α,β-unsaturated/α-hetero) is 1. The Balaban J connectivity index is 1.63. The number of carbonyl (C=O) groups excluding carboxylic acids is 1. The second kappa shape index (κ2) is 8.08. The van der Waals surface area contributed by atoms with Gasteiger partial charge in [-0.1, -0.05) is 13.8 Å². The highest BCUT2D eigenvalue weighted by Crippen LogP contribution is 2.24. The number of thiophene rings is 1. The lowest BCUT2D eigenvalue weighted by atomic mass is 10.1. The molecule has 0 saturated carbocycles. The summed E-state index contributed by atoms with van der Waals surface area (Å²) in [6, 6.07) is 9.80. The van der Waals surface area contributed by atoms with E-state index in [1.54, 1.807) is 17.0 Å². The lowest BCUT2D eigenvalue weighted by Crippen LogP contribution is -2.28. The van der Waals surface area contributed by atoms with Gasteiger partial charge in [0, 0.05) is 31.2 Å². The van der Waals surface area contributed by atoms with Gasteiger partial charge in [-0.25, -0.2) is 4.98 Å². The van der Waals surface area contributed by atoms with Crippen LogP contribution in [0, 0.1) is 5.92 Å². The highest BCUT2D eigenvalue weighted by atomic mass is 32.1. The second-order valence-electron chi connectivity index (χ2n) is 7.92. The van der Waals surface area contributed by atoms with Gasteiger partial charge in [-0.05, 0) is 50.3 Å². The summed E-state index contributed by atoms with van der Waals surface area (Å²) < 4.78 is 2.08. The molecule has 7 heteroatoms. The van der Waals surface area contributed by atoms with Gasteiger partial charge in [-0.15, -0.1) is 11.3 Å². The molecule has 6 nitrogen and oxygen atoms in total. The van der Waals surface area contributed by atoms with Crippen molar-refractivity contribution in [2.75, 3.05) is 38.1 Å². The smallest absolute Gasteiger partial charge is 0.275 e. The molecule has 0 unspecified atom stereocenters. The van der Waals surface area contributed by atoms with Crippen LogP contribution in [0.3, 0.4) is 0 Å². The van der Waals surface area contributed by atoms with Crippen LogP contribution in [0.1, 0.15) is 29.9 Å². The first-order valence-electron chi connectivity index (χ1n) is 10.0. The van der Waals surface area contributed by atoms with E-state index in [2.05, 4.69) is 34.0 Å². The van der Waals surface area contributed by atoms with Crippen LogP contribution in [-0.2, 0) is 0 Å². The molecule has 4 rings (SSSR count). The number of rotatable bonds is 4. The predicted octanol–water partition coefficient (Wildman–Crippen LogP) is 3.43. The summed E-state index contributed by atoms with van der Waals surface area (Å²) in [5.41, 5.74) is 2.41. The van der Waals surface area contributed by atoms with Crippen LogP contribution in [0.15, 0.2) is 41.5 Å². The molecule has 2 aromatic heterocycles. The van der Waals surface area contributed by atoms with Crippen LogP contribution in [0.2, 0.25) is 0 Å². The molecule has 0 N–H and O–H groups in total. The van der Waals surface area contributed by atoms with Crippen LogP contribution in [0.4, 0.5) is 5.69 Å². The first-order chi connectivity index (χ1) is 13.9. The van der Waals surface area contributed by atoms with Gasteiger partial charge in [0.2, 0.25) is 0 Å². The number of carbonyl (C=O) groups is 1. The standard InChI is InChI=1S/C22H26N4O2S/c1-15(2)20(27)19-13-18-21(29-19)22(28)26(14-23-18)17-7-5-16(6-8-17)25-10-4-9-24(3)11-12-25/h5-8,13-15H,4,9-12H2,1-3H3. The average molecular weight is 411 g/mol. The number of hydrogen-bond donors (Lipinski definition) is 0. The molecule has 1 saturated heterocycles. The monoisotopic (exact) mass is 410 g/mol. The number of hydrogen-bond acceptors (Lipinski definition) is 6. The highest BCUT2D eigenvalue weighted by Gasteiger charge is 2.17. The van der Waals surface area contributed by atoms with Crippen molar-refractivity contribution in [1.82, 2.24) is 14.5 Å². The zero-order valence-electron chi connectivity index (χ0n) is 17.1. The van der Waals surface area contributed by atoms with Gasteiger partial charge >= 0.3 is 0 Å². The maximum absolute atomic E-state index is 13.0. The summed E-state index contributed by atoms with van der Waals surface area (Å²) in [5, 5.41) is 0. The summed E-state index contributed by atoms with van der Waals surface area (Å²) in [6.45, 7) is 7.95. The molecule has 0 radical (unpaired) electrons. The molecule has 0 bridgehead atoms. The Morgan fingerprint density at radius 2 is 1.79 bits per heavy atom. The topological polar surface area (TPSA) is 58.4 Å². The van der Waals surface area contributed by atoms with E-state index >= 15 is 0 Å². The molecule has 3 aromatic rings. The largest absolute Gasteiger partial charge is 0.370 e. The van der Waals surface area contributed by atoms with E-state index in [0.717, 1.165) is 38.3 Å². The van der Waals surface area contributed by atoms with E-state index < -0.39 is 0 Å². The predicted molar refractivity (Wildman–Crippen MR) is 119 cm³/mol. The van der Waals surface area contributed by atoms with Gasteiger partial charge in [-0.3, -0.25) is 14.2 Å². The molecule has 0 spiro atoms. The summed E-state index contributed by atoms with van der Waals surface area (Å²) in [6.07, 6.45) is 2.70. The molecule has 152 valence electrons. The minimum absolute atomic E-state index is 0.0476. The van der Waals surface area contributed by atoms with E-state index in [-0.39, 0.29) is 17.3 Å². The van der Waals surface area contributed by atoms with Crippen molar-refractivity contribution in [2.24, 2.45) is 5.92 Å². The summed E-state index contributed by atoms with van der Waals surface area (Å²) >= 11 is 1.24. The Morgan fingerprint density at radius 3 is 2.52 bits per heavy atom. The molecule has 29 heavy (non-hydrogen) atoms. The van der Waals surface area contributed by atoms with Crippen molar-refractivity contribution in [3.63, 3.8) is 0 Å². The number of anilines is 1. The van der Waals surface area contributed by atoms with Crippen molar-refractivity contribution in [3.8, 4) is 5.69 Å². The number of benzene rings is 1. The van der Waals surface area contributed by atoms with Gasteiger partial charge < -0.3 is 9.80 Å². The van der Waals surface area contributed by atoms with Crippen LogP contribution in [0.5, 0.6) is 0 Å². The van der Waals surface area contributed by atoms with E-state index in [1.165, 1.54) is 17.0 Å². The van der Waals surface area contributed by atoms with E-state index in [1.807, 2.05) is 26.0 Å². The first-order valence-corrected chi connectivity index (χ1v) is 10.8. The molecule has 1 aliphatic heterocycles. The zero-order valence-corrected chi connectivity index (χ0v) is 17.9. The fourth-order valence-corrected chi connectivity index (χ4v) is 4.76. The maximum Gasteiger partial charge on any atom is 0.275 e. The quantitative estimate of drug-likeness (QED) is 0.617. The van der Waals surface area contributed by atoms with E-state index in [0.29, 0.717) is 15.1 Å². The first kappa shape index (κ1) is 19.8. The minimum Gasteiger partial charge on any atom is -0.370 e. The maximum atomic E-state index is 13.0. The molecular formula is C22H26N4O2S. The summed E-state index contributed by atoms with van der Waals surface area (Å²) in [5.74, 6) is -0.0528. The number of fused-ring (bicyclic) bond motifs is 1. The van der Waals surface area contributed by atoms with Gasteiger partial charge in [0.25, 0.3) is 5.56 Å². The van der Waals surface area contributed by atoms with Crippen molar-refractivity contribution in [1.29, 1.82) is 0 Å². The van der Waals surface area contributed by atoms with Crippen molar-refractivity contribution >= 4 is 33.0 Å². The van der Waals surface area contributed by atoms with Crippen LogP contribution < -0.4 is 10.5 Å². The fourth-order valence-electron chi connectivity index (χ4n) is 3.63. The second-order valence-corrected chi connectivity index (χ2v) is 8.98. The van der Waals surface area contributed by atoms with Crippen LogP contribution in [-0.4, -0.2) is 53.5 Å². The summed E-state index contributed by atoms with van der Waals surface area (Å²) in [7, 11) is 2.16. The number of likely N-dealkylation sites (N-methyl/N-ethyl adjacent to an activating group) is 1. The van der Waals surface area contributed by atoms with Gasteiger partial charge in [-0.2, -0.15) is 0 Å². The molecule has 0 amide bonds. The van der Waals surface area contributed by atoms with E-state index in [4.69, 9.17) is 0 Å². The number of nitrogens with zero attached hydrogens (tertiary/aromatic N) is 4. The molecule has 0 aliphatic carbocycles. The number of ketones is 1. The van der Waals surface area contributed by atoms with Crippen molar-refractivity contribution < 1.29 is 4.79 Å². The lowest BCUT2D eigenvalue weighted by Gasteiger charge is -2.23. The Kier molecular flexibility index (Phi) is 5.52. The third-order valence-corrected chi connectivity index (χ3v) is 6.54. The van der Waals surface area contributed by atoms with Crippen molar-refractivity contribution in [3.05, 3.63) is 51.9 Å². The Hall–Kier alpha value is -2.51. The average Bonchev–Trinajstić information content (AvgIpc) is 3.04. The molecule has 3 heterocycles. The molecular weight excluding hydrogens is 384 g/mol. The fraction of sp³-hybridized carbons (Fsp3) is 0.409. The van der Waals surface area contributed by atoms with Gasteiger partial charge in [0.05, 0.1) is 16.1 Å². The lowest BCUT2D eigenvalue weighted by molar-refractivity contribution is 0.0943. The molecule has 0 atom stereocenters. The molecule has 1 aliphatic rings. The zero-order chi connectivity index (χ0) is 20.5. The summed E-state index contributed by atoms with van der Waals surface area (Å²) in [4.78, 5) is 35.0. The highest BCUT2D eigenvalue weighted by molar-refractivity contribution is 7.20. The third kappa shape index (κ3) is 3.97. The third-order valence-electron chi connectivity index (χ3n) is 5.42. The van der Waals surface area contributed by atoms with Crippen LogP contribution >= 0.6 is 11.3 Å². The van der Waals surface area contributed by atoms with Gasteiger partial charge in [0.1, 0.15) is 11.0 Å². The normalized spacial score (nSPS) is 15.8. The van der Waals surface area contributed by atoms with Gasteiger partial charge in [0.15, 0.2) is 5.78 Å². The minimum atomic E-state index is -0.132. The SMILES string of the molecule is CC(C)C(=O)c1cc2ncn(-c3ccc(N4CCCN(C)CC4)cc3)c(=O)c2s1. The molecule has 1 fully saturated rings. The Labute approximate surface area is 174 Å². The van der Waals surface area contributed by atoms with Crippen LogP contribution in [0.25, 0.3) is 15.9 Å². The number of aromatic nitrogens is 2. The Bertz CT molecular complexity index is 1080.